The van der Waals surface area contributed by atoms with E-state index in [-0.39, 0.29) is 42.1 Å². The summed E-state index contributed by atoms with van der Waals surface area (Å²) in [6.45, 7) is 9.55. The lowest BCUT2D eigenvalue weighted by Crippen LogP contribution is -2.48. The molecule has 0 unspecified atom stereocenters. The van der Waals surface area contributed by atoms with Gasteiger partial charge in [-0.2, -0.15) is 0 Å². The molecule has 0 fully saturated rings. The predicted octanol–water partition coefficient (Wildman–Crippen LogP) is 4.89. The number of hydrogen-bond acceptors (Lipinski definition) is 6. The molecular weight excluding hydrogens is 566 g/mol. The fourth-order valence-electron chi connectivity index (χ4n) is 4.96. The molecule has 10 heteroatoms. The fraction of sp³-hybridized carbons (Fsp3) is 0.441. The number of aliphatic hydroxyl groups is 1. The van der Waals surface area contributed by atoms with E-state index in [0.717, 1.165) is 43.2 Å². The molecule has 0 spiro atoms. The van der Waals surface area contributed by atoms with Gasteiger partial charge in [0, 0.05) is 48.5 Å². The second kappa shape index (κ2) is 16.7. The minimum absolute atomic E-state index is 0.0279. The number of aromatic nitrogens is 1. The Bertz CT molecular complexity index is 1420. The molecule has 0 aliphatic rings. The highest BCUT2D eigenvalue weighted by atomic mass is 19.1. The summed E-state index contributed by atoms with van der Waals surface area (Å²) in [6, 6.07) is 8.47. The van der Waals surface area contributed by atoms with Gasteiger partial charge in [0.05, 0.1) is 24.4 Å². The van der Waals surface area contributed by atoms with Crippen molar-refractivity contribution in [1.82, 2.24) is 20.7 Å². The quantitative estimate of drug-likeness (QED) is 0.200. The highest BCUT2D eigenvalue weighted by molar-refractivity contribution is 6.00. The molecule has 3 rings (SSSR count). The summed E-state index contributed by atoms with van der Waals surface area (Å²) in [7, 11) is 0. The van der Waals surface area contributed by atoms with Gasteiger partial charge < -0.3 is 25.2 Å². The van der Waals surface area contributed by atoms with Gasteiger partial charge >= 0.3 is 0 Å². The number of halogens is 2. The first kappa shape index (κ1) is 34.4. The van der Waals surface area contributed by atoms with E-state index in [0.29, 0.717) is 30.3 Å². The standard InChI is InChI=1S/C34H42F2N4O4/c1-6-9-40(10-7-2)34(43)26-13-23(8-3)12-25(17-26)33(42)38-31(16-24-14-27(35)18-28(36)15-24)32(41)21-37-20-30-19-29(39-44-30)11-22(4)5/h3,12-15,17-19,22,31-32,37,41H,6-7,9-11,16,20-21H2,1-2,4-5H3,(H,38,42)/t31-,32+/m0/s1. The predicted molar refractivity (Wildman–Crippen MR) is 165 cm³/mol. The Hall–Kier alpha value is -4.07. The van der Waals surface area contributed by atoms with Crippen LogP contribution in [0, 0.1) is 29.9 Å². The Morgan fingerprint density at radius 3 is 2.27 bits per heavy atom. The molecule has 2 aromatic carbocycles. The maximum Gasteiger partial charge on any atom is 0.253 e. The minimum Gasteiger partial charge on any atom is -0.390 e. The van der Waals surface area contributed by atoms with Crippen LogP contribution < -0.4 is 10.6 Å². The number of terminal acetylenes is 1. The zero-order valence-corrected chi connectivity index (χ0v) is 25.8. The second-order valence-corrected chi connectivity index (χ2v) is 11.4. The Labute approximate surface area is 258 Å². The number of aliphatic hydroxyl groups excluding tert-OH is 1. The van der Waals surface area contributed by atoms with Crippen LogP contribution in [0.25, 0.3) is 0 Å². The number of carbonyl (C=O) groups excluding carboxylic acids is 2. The molecule has 3 N–H and O–H groups in total. The maximum atomic E-state index is 14.0. The number of nitrogens with one attached hydrogen (secondary N) is 2. The van der Waals surface area contributed by atoms with Gasteiger partial charge in [0.1, 0.15) is 11.6 Å². The van der Waals surface area contributed by atoms with E-state index in [1.54, 1.807) is 11.0 Å². The van der Waals surface area contributed by atoms with Crippen molar-refractivity contribution < 1.29 is 28.0 Å². The number of amides is 2. The van der Waals surface area contributed by atoms with Crippen molar-refractivity contribution in [3.05, 3.63) is 87.8 Å². The third kappa shape index (κ3) is 10.3. The van der Waals surface area contributed by atoms with E-state index in [4.69, 9.17) is 10.9 Å². The zero-order chi connectivity index (χ0) is 32.2. The molecule has 236 valence electrons. The van der Waals surface area contributed by atoms with Crippen LogP contribution in [-0.4, -0.2) is 58.8 Å². The number of rotatable bonds is 16. The summed E-state index contributed by atoms with van der Waals surface area (Å²) in [5.74, 6) is 1.13. The highest BCUT2D eigenvalue weighted by Crippen LogP contribution is 2.16. The Kier molecular flexibility index (Phi) is 13.1. The van der Waals surface area contributed by atoms with Gasteiger partial charge in [-0.1, -0.05) is 38.8 Å². The lowest BCUT2D eigenvalue weighted by molar-refractivity contribution is 0.0755. The van der Waals surface area contributed by atoms with Crippen LogP contribution in [0.1, 0.15) is 83.8 Å². The Morgan fingerprint density at radius 1 is 1.00 bits per heavy atom. The van der Waals surface area contributed by atoms with Crippen LogP contribution in [0.2, 0.25) is 0 Å². The molecular formula is C34H42F2N4O4. The monoisotopic (exact) mass is 608 g/mol. The van der Waals surface area contributed by atoms with Crippen molar-refractivity contribution in [2.24, 2.45) is 5.92 Å². The number of hydrogen-bond donors (Lipinski definition) is 3. The molecule has 0 saturated carbocycles. The van der Waals surface area contributed by atoms with E-state index < -0.39 is 29.7 Å². The molecule has 2 amide bonds. The maximum absolute atomic E-state index is 14.0. The number of carbonyl (C=O) groups is 2. The molecule has 0 saturated heterocycles. The highest BCUT2D eigenvalue weighted by Gasteiger charge is 2.25. The molecule has 0 bridgehead atoms. The summed E-state index contributed by atoms with van der Waals surface area (Å²) in [4.78, 5) is 28.5. The van der Waals surface area contributed by atoms with Crippen LogP contribution in [0.5, 0.6) is 0 Å². The molecule has 0 aliphatic heterocycles. The summed E-state index contributed by atoms with van der Waals surface area (Å²) in [5, 5.41) is 21.1. The van der Waals surface area contributed by atoms with Gasteiger partial charge in [-0.05, 0) is 67.5 Å². The molecule has 3 aromatic rings. The molecule has 44 heavy (non-hydrogen) atoms. The van der Waals surface area contributed by atoms with Crippen LogP contribution in [-0.2, 0) is 19.4 Å². The van der Waals surface area contributed by atoms with Crippen molar-refractivity contribution in [2.75, 3.05) is 19.6 Å². The third-order valence-electron chi connectivity index (χ3n) is 6.92. The summed E-state index contributed by atoms with van der Waals surface area (Å²) < 4.78 is 33.3. The molecule has 8 nitrogen and oxygen atoms in total. The van der Waals surface area contributed by atoms with E-state index in [9.17, 15) is 23.5 Å². The second-order valence-electron chi connectivity index (χ2n) is 11.4. The van der Waals surface area contributed by atoms with Crippen molar-refractivity contribution in [3.63, 3.8) is 0 Å². The normalized spacial score (nSPS) is 12.5. The SMILES string of the molecule is C#Cc1cc(C(=O)N[C@@H](Cc2cc(F)cc(F)c2)[C@H](O)CNCc2cc(CC(C)C)no2)cc(C(=O)N(CCC)CCC)c1. The third-order valence-corrected chi connectivity index (χ3v) is 6.92. The largest absolute Gasteiger partial charge is 0.390 e. The smallest absolute Gasteiger partial charge is 0.253 e. The van der Waals surface area contributed by atoms with Gasteiger partial charge in [0.2, 0.25) is 0 Å². The van der Waals surface area contributed by atoms with Crippen molar-refractivity contribution in [2.45, 2.75) is 72.1 Å². The summed E-state index contributed by atoms with van der Waals surface area (Å²) >= 11 is 0. The first-order valence-corrected chi connectivity index (χ1v) is 15.0. The number of benzene rings is 2. The average molecular weight is 609 g/mol. The molecule has 0 aliphatic carbocycles. The Balaban J connectivity index is 1.81. The fourth-order valence-corrected chi connectivity index (χ4v) is 4.96. The average Bonchev–Trinajstić information content (AvgIpc) is 3.41. The van der Waals surface area contributed by atoms with Gasteiger partial charge in [-0.15, -0.1) is 6.42 Å². The number of nitrogens with zero attached hydrogens (tertiary/aromatic N) is 2. The van der Waals surface area contributed by atoms with Gasteiger partial charge in [0.25, 0.3) is 11.8 Å². The van der Waals surface area contributed by atoms with E-state index in [1.165, 1.54) is 12.1 Å². The first-order chi connectivity index (χ1) is 21.0. The van der Waals surface area contributed by atoms with Crippen molar-refractivity contribution in [3.8, 4) is 12.3 Å². The lowest BCUT2D eigenvalue weighted by atomic mass is 9.99. The van der Waals surface area contributed by atoms with E-state index in [2.05, 4.69) is 35.6 Å². The van der Waals surface area contributed by atoms with Crippen molar-refractivity contribution >= 4 is 11.8 Å². The summed E-state index contributed by atoms with van der Waals surface area (Å²) in [6.07, 6.45) is 6.75. The van der Waals surface area contributed by atoms with E-state index >= 15 is 0 Å². The molecule has 2 atom stereocenters. The molecule has 0 radical (unpaired) electrons. The first-order valence-electron chi connectivity index (χ1n) is 15.0. The molecule has 1 aromatic heterocycles. The van der Waals surface area contributed by atoms with E-state index in [1.807, 2.05) is 19.9 Å². The van der Waals surface area contributed by atoms with Crippen LogP contribution in [0.15, 0.2) is 47.0 Å². The molecule has 1 heterocycles. The van der Waals surface area contributed by atoms with Crippen molar-refractivity contribution in [1.29, 1.82) is 0 Å². The van der Waals surface area contributed by atoms with Gasteiger partial charge in [0.15, 0.2) is 5.76 Å². The topological polar surface area (TPSA) is 108 Å². The minimum atomic E-state index is -1.16. The lowest BCUT2D eigenvalue weighted by Gasteiger charge is -2.25. The van der Waals surface area contributed by atoms with Gasteiger partial charge in [-0.3, -0.25) is 9.59 Å². The zero-order valence-electron chi connectivity index (χ0n) is 25.8. The summed E-state index contributed by atoms with van der Waals surface area (Å²) in [5.41, 5.74) is 1.84. The Morgan fingerprint density at radius 2 is 1.66 bits per heavy atom. The van der Waals surface area contributed by atoms with Gasteiger partial charge in [-0.25, -0.2) is 8.78 Å². The van der Waals surface area contributed by atoms with Crippen LogP contribution >= 0.6 is 0 Å². The van der Waals surface area contributed by atoms with Crippen LogP contribution in [0.3, 0.4) is 0 Å². The van der Waals surface area contributed by atoms with Crippen LogP contribution in [0.4, 0.5) is 8.78 Å².